The molecule has 1 aliphatic heterocycles. The zero-order chi connectivity index (χ0) is 18.3. The van der Waals surface area contributed by atoms with Crippen molar-refractivity contribution < 1.29 is 19.1 Å². The summed E-state index contributed by atoms with van der Waals surface area (Å²) in [6.45, 7) is 2.90. The number of anilines is 1. The van der Waals surface area contributed by atoms with E-state index in [1.165, 1.54) is 17.5 Å². The van der Waals surface area contributed by atoms with Crippen LogP contribution in [0.25, 0.3) is 0 Å². The number of rotatable bonds is 6. The number of carboxylic acid groups (broad SMARTS) is 1. The lowest BCUT2D eigenvalue weighted by molar-refractivity contribution is -0.143. The van der Waals surface area contributed by atoms with E-state index in [1.54, 1.807) is 0 Å². The zero-order valence-electron chi connectivity index (χ0n) is 14.7. The van der Waals surface area contributed by atoms with E-state index >= 15 is 0 Å². The Morgan fingerprint density at radius 1 is 1.31 bits per heavy atom. The lowest BCUT2D eigenvalue weighted by Crippen LogP contribution is -2.35. The summed E-state index contributed by atoms with van der Waals surface area (Å²) < 4.78 is 5.42. The number of aliphatic carboxylic acids is 1. The van der Waals surface area contributed by atoms with Gasteiger partial charge >= 0.3 is 5.97 Å². The van der Waals surface area contributed by atoms with Crippen molar-refractivity contribution in [1.29, 1.82) is 0 Å². The molecule has 2 aromatic rings. The van der Waals surface area contributed by atoms with Crippen molar-refractivity contribution in [3.63, 3.8) is 0 Å². The summed E-state index contributed by atoms with van der Waals surface area (Å²) in [6.07, 6.45) is 3.71. The molecule has 2 aliphatic rings. The third kappa shape index (κ3) is 2.85. The molecule has 1 aromatic heterocycles. The van der Waals surface area contributed by atoms with Gasteiger partial charge in [-0.3, -0.25) is 9.59 Å². The SMILES string of the molecule is CC1Cc2ccccc2N1Cc1ccoc1C(=O)NCC1(C(=O)O)CC1. The topological polar surface area (TPSA) is 82.8 Å². The van der Waals surface area contributed by atoms with Crippen molar-refractivity contribution in [2.45, 2.75) is 38.8 Å². The molecule has 6 nitrogen and oxygen atoms in total. The third-order valence-electron chi connectivity index (χ3n) is 5.54. The van der Waals surface area contributed by atoms with Gasteiger partial charge in [0.05, 0.1) is 11.7 Å². The first kappa shape index (κ1) is 16.7. The maximum atomic E-state index is 12.5. The van der Waals surface area contributed by atoms with E-state index in [4.69, 9.17) is 4.42 Å². The summed E-state index contributed by atoms with van der Waals surface area (Å²) >= 11 is 0. The Morgan fingerprint density at radius 3 is 2.81 bits per heavy atom. The first-order chi connectivity index (χ1) is 12.5. The average molecular weight is 354 g/mol. The molecule has 0 radical (unpaired) electrons. The van der Waals surface area contributed by atoms with E-state index in [1.807, 2.05) is 18.2 Å². The minimum atomic E-state index is -0.847. The molecular formula is C20H22N2O4. The van der Waals surface area contributed by atoms with Crippen LogP contribution in [-0.4, -0.2) is 29.6 Å². The second kappa shape index (κ2) is 6.20. The molecule has 1 aromatic carbocycles. The molecule has 6 heteroatoms. The number of carboxylic acids is 1. The largest absolute Gasteiger partial charge is 0.481 e. The van der Waals surface area contributed by atoms with Crippen LogP contribution in [0, 0.1) is 5.41 Å². The number of nitrogens with one attached hydrogen (secondary N) is 1. The summed E-state index contributed by atoms with van der Waals surface area (Å²) in [5.41, 5.74) is 2.53. The summed E-state index contributed by atoms with van der Waals surface area (Å²) in [4.78, 5) is 26.0. The molecule has 4 rings (SSSR count). The number of fused-ring (bicyclic) bond motifs is 1. The van der Waals surface area contributed by atoms with Gasteiger partial charge in [-0.15, -0.1) is 0 Å². The van der Waals surface area contributed by atoms with Crippen LogP contribution >= 0.6 is 0 Å². The van der Waals surface area contributed by atoms with Gasteiger partial charge in [-0.05, 0) is 43.9 Å². The van der Waals surface area contributed by atoms with Crippen molar-refractivity contribution in [2.75, 3.05) is 11.4 Å². The average Bonchev–Trinajstić information content (AvgIpc) is 3.18. The Bertz CT molecular complexity index is 853. The van der Waals surface area contributed by atoms with Crippen LogP contribution in [0.5, 0.6) is 0 Å². The number of furan rings is 1. The highest BCUT2D eigenvalue weighted by molar-refractivity contribution is 5.93. The van der Waals surface area contributed by atoms with Crippen LogP contribution in [0.1, 0.15) is 41.4 Å². The first-order valence-electron chi connectivity index (χ1n) is 8.93. The summed E-state index contributed by atoms with van der Waals surface area (Å²) in [5, 5.41) is 12.0. The number of carbonyl (C=O) groups is 2. The minimum absolute atomic E-state index is 0.143. The summed E-state index contributed by atoms with van der Waals surface area (Å²) in [5.74, 6) is -0.930. The molecule has 1 unspecified atom stereocenters. The van der Waals surface area contributed by atoms with Crippen LogP contribution in [0.3, 0.4) is 0 Å². The number of nitrogens with zero attached hydrogens (tertiary/aromatic N) is 1. The molecule has 1 amide bonds. The van der Waals surface area contributed by atoms with Gasteiger partial charge in [-0.1, -0.05) is 18.2 Å². The molecule has 0 saturated heterocycles. The molecule has 2 heterocycles. The van der Waals surface area contributed by atoms with Gasteiger partial charge in [0.25, 0.3) is 5.91 Å². The Kier molecular flexibility index (Phi) is 3.98. The van der Waals surface area contributed by atoms with Gasteiger partial charge in [0, 0.05) is 30.4 Å². The quantitative estimate of drug-likeness (QED) is 0.833. The molecule has 1 atom stereocenters. The maximum Gasteiger partial charge on any atom is 0.311 e. The van der Waals surface area contributed by atoms with Crippen molar-refractivity contribution in [3.05, 3.63) is 53.5 Å². The van der Waals surface area contributed by atoms with Crippen LogP contribution in [0.2, 0.25) is 0 Å². The summed E-state index contributed by atoms with van der Waals surface area (Å²) in [7, 11) is 0. The van der Waals surface area contributed by atoms with Crippen molar-refractivity contribution in [3.8, 4) is 0 Å². The number of amides is 1. The van der Waals surface area contributed by atoms with E-state index in [0.29, 0.717) is 25.4 Å². The molecule has 1 fully saturated rings. The first-order valence-corrected chi connectivity index (χ1v) is 8.93. The third-order valence-corrected chi connectivity index (χ3v) is 5.54. The number of benzene rings is 1. The summed E-state index contributed by atoms with van der Waals surface area (Å²) in [6, 6.07) is 10.5. The Hall–Kier alpha value is -2.76. The molecule has 0 spiro atoms. The fraction of sp³-hybridized carbons (Fsp3) is 0.400. The Morgan fingerprint density at radius 2 is 2.08 bits per heavy atom. The molecule has 26 heavy (non-hydrogen) atoms. The highest BCUT2D eigenvalue weighted by Crippen LogP contribution is 2.45. The number of hydrogen-bond acceptors (Lipinski definition) is 4. The van der Waals surface area contributed by atoms with Crippen molar-refractivity contribution in [1.82, 2.24) is 5.32 Å². The minimum Gasteiger partial charge on any atom is -0.481 e. The molecule has 1 aliphatic carbocycles. The fourth-order valence-electron chi connectivity index (χ4n) is 3.66. The van der Waals surface area contributed by atoms with Gasteiger partial charge in [0.15, 0.2) is 5.76 Å². The van der Waals surface area contributed by atoms with Crippen LogP contribution in [0.4, 0.5) is 5.69 Å². The standard InChI is InChI=1S/C20H22N2O4/c1-13-10-14-4-2-3-5-16(14)22(13)11-15-6-9-26-17(15)18(23)21-12-20(7-8-20)19(24)25/h2-6,9,13H,7-8,10-12H2,1H3,(H,21,23)(H,24,25). The van der Waals surface area contributed by atoms with E-state index < -0.39 is 11.4 Å². The highest BCUT2D eigenvalue weighted by Gasteiger charge is 2.50. The van der Waals surface area contributed by atoms with Crippen LogP contribution in [0.15, 0.2) is 41.0 Å². The molecular weight excluding hydrogens is 332 g/mol. The smallest absolute Gasteiger partial charge is 0.311 e. The molecule has 1 saturated carbocycles. The maximum absolute atomic E-state index is 12.5. The Balaban J connectivity index is 1.47. The van der Waals surface area contributed by atoms with Gasteiger partial charge in [0.1, 0.15) is 0 Å². The molecule has 136 valence electrons. The molecule has 2 N–H and O–H groups in total. The lowest BCUT2D eigenvalue weighted by Gasteiger charge is -2.24. The molecule has 0 bridgehead atoms. The van der Waals surface area contributed by atoms with E-state index in [2.05, 4.69) is 29.3 Å². The van der Waals surface area contributed by atoms with E-state index in [-0.39, 0.29) is 18.2 Å². The van der Waals surface area contributed by atoms with Crippen molar-refractivity contribution >= 4 is 17.6 Å². The lowest BCUT2D eigenvalue weighted by atomic mass is 10.1. The number of carbonyl (C=O) groups excluding carboxylic acids is 1. The number of hydrogen-bond donors (Lipinski definition) is 2. The van der Waals surface area contributed by atoms with Gasteiger partial charge < -0.3 is 19.7 Å². The van der Waals surface area contributed by atoms with Crippen LogP contribution in [-0.2, 0) is 17.8 Å². The van der Waals surface area contributed by atoms with Gasteiger partial charge in [0.2, 0.25) is 0 Å². The highest BCUT2D eigenvalue weighted by atomic mass is 16.4. The zero-order valence-corrected chi connectivity index (χ0v) is 14.7. The van der Waals surface area contributed by atoms with E-state index in [0.717, 1.165) is 12.0 Å². The van der Waals surface area contributed by atoms with Crippen LogP contribution < -0.4 is 10.2 Å². The monoisotopic (exact) mass is 354 g/mol. The number of para-hydroxylation sites is 1. The van der Waals surface area contributed by atoms with E-state index in [9.17, 15) is 14.7 Å². The predicted molar refractivity (Wildman–Crippen MR) is 96.1 cm³/mol. The second-order valence-electron chi connectivity index (χ2n) is 7.35. The normalized spacial score (nSPS) is 19.9. The predicted octanol–water partition coefficient (Wildman–Crippen LogP) is 2.83. The van der Waals surface area contributed by atoms with Crippen molar-refractivity contribution in [2.24, 2.45) is 5.41 Å². The Labute approximate surface area is 151 Å². The van der Waals surface area contributed by atoms with Gasteiger partial charge in [-0.2, -0.15) is 0 Å². The fourth-order valence-corrected chi connectivity index (χ4v) is 3.66. The van der Waals surface area contributed by atoms with Gasteiger partial charge in [-0.25, -0.2) is 0 Å². The second-order valence-corrected chi connectivity index (χ2v) is 7.35.